The molecule has 1 heterocycles. The lowest BCUT2D eigenvalue weighted by molar-refractivity contribution is 0.0690. The van der Waals surface area contributed by atoms with Crippen LogP contribution in [0.4, 0.5) is 0 Å². The predicted molar refractivity (Wildman–Crippen MR) is 70.6 cm³/mol. The molecule has 0 radical (unpaired) electrons. The van der Waals surface area contributed by atoms with Crippen LogP contribution >= 0.6 is 0 Å². The molecule has 0 atom stereocenters. The van der Waals surface area contributed by atoms with E-state index < -0.39 is 5.97 Å². The van der Waals surface area contributed by atoms with Crippen molar-refractivity contribution in [2.24, 2.45) is 0 Å². The van der Waals surface area contributed by atoms with Crippen molar-refractivity contribution in [3.05, 3.63) is 47.3 Å². The maximum atomic E-state index is 11.0. The van der Waals surface area contributed by atoms with Gasteiger partial charge in [0.25, 0.3) is 0 Å². The number of carboxylic acid groups (broad SMARTS) is 1. The van der Waals surface area contributed by atoms with Crippen molar-refractivity contribution in [2.75, 3.05) is 7.11 Å². The first kappa shape index (κ1) is 13.3. The van der Waals surface area contributed by atoms with Gasteiger partial charge in [0.15, 0.2) is 5.69 Å². The number of aryl methyl sites for hydroxylation is 1. The Hall–Kier alpha value is -2.14. The van der Waals surface area contributed by atoms with E-state index in [2.05, 4.69) is 12.0 Å². The Morgan fingerprint density at radius 3 is 2.79 bits per heavy atom. The van der Waals surface area contributed by atoms with E-state index in [9.17, 15) is 4.79 Å². The minimum Gasteiger partial charge on any atom is -0.476 e. The normalized spacial score (nSPS) is 10.6. The summed E-state index contributed by atoms with van der Waals surface area (Å²) in [4.78, 5) is 11.0. The van der Waals surface area contributed by atoms with E-state index in [1.807, 2.05) is 24.3 Å². The molecule has 0 aliphatic carbocycles. The van der Waals surface area contributed by atoms with E-state index in [0.29, 0.717) is 6.61 Å². The molecule has 5 nitrogen and oxygen atoms in total. The molecule has 0 fully saturated rings. The van der Waals surface area contributed by atoms with Gasteiger partial charge in [0, 0.05) is 7.11 Å². The lowest BCUT2D eigenvalue weighted by Crippen LogP contribution is -2.07. The summed E-state index contributed by atoms with van der Waals surface area (Å²) in [5.41, 5.74) is 2.75. The summed E-state index contributed by atoms with van der Waals surface area (Å²) in [5, 5.41) is 13.2. The third kappa shape index (κ3) is 2.66. The molecule has 1 aromatic carbocycles. The molecule has 1 N–H and O–H groups in total. The lowest BCUT2D eigenvalue weighted by Gasteiger charge is -2.10. The number of hydrogen-bond donors (Lipinski definition) is 1. The van der Waals surface area contributed by atoms with Crippen molar-refractivity contribution < 1.29 is 14.6 Å². The molecule has 1 aromatic heterocycles. The summed E-state index contributed by atoms with van der Waals surface area (Å²) in [5.74, 6) is -1.04. The summed E-state index contributed by atoms with van der Waals surface area (Å²) in [6.45, 7) is 2.37. The van der Waals surface area contributed by atoms with Crippen molar-refractivity contribution in [3.63, 3.8) is 0 Å². The number of benzene rings is 1. The van der Waals surface area contributed by atoms with E-state index in [1.54, 1.807) is 11.8 Å². The van der Waals surface area contributed by atoms with Crippen LogP contribution in [-0.2, 0) is 17.8 Å². The van der Waals surface area contributed by atoms with E-state index in [0.717, 1.165) is 23.4 Å². The number of nitrogens with zero attached hydrogens (tertiary/aromatic N) is 2. The molecule has 0 aliphatic heterocycles. The third-order valence-electron chi connectivity index (χ3n) is 2.90. The predicted octanol–water partition coefficient (Wildman–Crippen LogP) is 2.28. The minimum absolute atomic E-state index is 0.0259. The highest BCUT2D eigenvalue weighted by Gasteiger charge is 2.15. The highest BCUT2D eigenvalue weighted by molar-refractivity contribution is 5.85. The maximum absolute atomic E-state index is 11.0. The number of carboxylic acids is 1. The summed E-state index contributed by atoms with van der Waals surface area (Å²) in [6.07, 6.45) is 0.852. The Morgan fingerprint density at radius 2 is 2.16 bits per heavy atom. The van der Waals surface area contributed by atoms with Gasteiger partial charge in [-0.3, -0.25) is 0 Å². The van der Waals surface area contributed by atoms with Crippen molar-refractivity contribution in [2.45, 2.75) is 20.0 Å². The van der Waals surface area contributed by atoms with Gasteiger partial charge < -0.3 is 9.84 Å². The van der Waals surface area contributed by atoms with Crippen molar-refractivity contribution in [1.82, 2.24) is 9.78 Å². The molecule has 0 spiro atoms. The summed E-state index contributed by atoms with van der Waals surface area (Å²) in [7, 11) is 1.57. The smallest absolute Gasteiger partial charge is 0.356 e. The van der Waals surface area contributed by atoms with Crippen LogP contribution in [0.15, 0.2) is 30.3 Å². The number of carbonyl (C=O) groups is 1. The molecule has 2 aromatic rings. The molecule has 100 valence electrons. The Morgan fingerprint density at radius 1 is 1.42 bits per heavy atom. The molecule has 5 heteroatoms. The Kier molecular flexibility index (Phi) is 3.97. The summed E-state index contributed by atoms with van der Waals surface area (Å²) < 4.78 is 6.75. The number of rotatable bonds is 5. The minimum atomic E-state index is -1.04. The summed E-state index contributed by atoms with van der Waals surface area (Å²) in [6, 6.07) is 9.34. The molecule has 19 heavy (non-hydrogen) atoms. The fourth-order valence-corrected chi connectivity index (χ4v) is 2.00. The largest absolute Gasteiger partial charge is 0.476 e. The average molecular weight is 260 g/mol. The second kappa shape index (κ2) is 5.67. The van der Waals surface area contributed by atoms with Crippen molar-refractivity contribution >= 4 is 5.97 Å². The molecule has 0 aliphatic rings. The number of ether oxygens (including phenoxy) is 1. The molecule has 0 bridgehead atoms. The lowest BCUT2D eigenvalue weighted by atomic mass is 10.1. The first-order valence-corrected chi connectivity index (χ1v) is 6.06. The highest BCUT2D eigenvalue weighted by Crippen LogP contribution is 2.18. The second-order valence-corrected chi connectivity index (χ2v) is 4.15. The first-order valence-electron chi connectivity index (χ1n) is 6.06. The van der Waals surface area contributed by atoms with Gasteiger partial charge in [-0.05, 0) is 24.1 Å². The molecular weight excluding hydrogens is 244 g/mol. The molecule has 0 saturated carbocycles. The van der Waals surface area contributed by atoms with Gasteiger partial charge in [-0.15, -0.1) is 0 Å². The van der Waals surface area contributed by atoms with Crippen LogP contribution in [0.2, 0.25) is 0 Å². The van der Waals surface area contributed by atoms with E-state index in [4.69, 9.17) is 9.84 Å². The van der Waals surface area contributed by atoms with Crippen LogP contribution in [0, 0.1) is 0 Å². The Bertz CT molecular complexity index is 590. The Balaban J connectivity index is 2.56. The fraction of sp³-hybridized carbons (Fsp3) is 0.286. The quantitative estimate of drug-likeness (QED) is 0.895. The Labute approximate surface area is 111 Å². The van der Waals surface area contributed by atoms with Crippen molar-refractivity contribution in [3.8, 4) is 5.69 Å². The van der Waals surface area contributed by atoms with Gasteiger partial charge in [0.1, 0.15) is 0 Å². The van der Waals surface area contributed by atoms with Gasteiger partial charge in [0.2, 0.25) is 0 Å². The van der Waals surface area contributed by atoms with Gasteiger partial charge in [-0.25, -0.2) is 9.48 Å². The van der Waals surface area contributed by atoms with Gasteiger partial charge in [-0.2, -0.15) is 5.10 Å². The van der Waals surface area contributed by atoms with E-state index >= 15 is 0 Å². The fourth-order valence-electron chi connectivity index (χ4n) is 2.00. The van der Waals surface area contributed by atoms with Crippen LogP contribution in [0.5, 0.6) is 0 Å². The molecule has 0 amide bonds. The standard InChI is InChI=1S/C14H16N2O3/c1-3-10-6-4-5-7-13(10)16-11(9-19-2)8-12(15-16)14(17)18/h4-8H,3,9H2,1-2H3,(H,17,18). The van der Waals surface area contributed by atoms with Crippen LogP contribution in [0.3, 0.4) is 0 Å². The van der Waals surface area contributed by atoms with Crippen molar-refractivity contribution in [1.29, 1.82) is 0 Å². The molecular formula is C14H16N2O3. The topological polar surface area (TPSA) is 64.4 Å². The van der Waals surface area contributed by atoms with Gasteiger partial charge in [-0.1, -0.05) is 25.1 Å². The van der Waals surface area contributed by atoms with Crippen LogP contribution in [-0.4, -0.2) is 28.0 Å². The number of para-hydroxylation sites is 1. The van der Waals surface area contributed by atoms with Crippen LogP contribution in [0.25, 0.3) is 5.69 Å². The SMILES string of the molecule is CCc1ccccc1-n1nc(C(=O)O)cc1COC. The average Bonchev–Trinajstić information content (AvgIpc) is 2.83. The zero-order valence-electron chi connectivity index (χ0n) is 11.0. The van der Waals surface area contributed by atoms with E-state index in [-0.39, 0.29) is 5.69 Å². The monoisotopic (exact) mass is 260 g/mol. The van der Waals surface area contributed by atoms with E-state index in [1.165, 1.54) is 6.07 Å². The molecule has 2 rings (SSSR count). The number of methoxy groups -OCH3 is 1. The maximum Gasteiger partial charge on any atom is 0.356 e. The third-order valence-corrected chi connectivity index (χ3v) is 2.90. The first-order chi connectivity index (χ1) is 9.17. The summed E-state index contributed by atoms with van der Waals surface area (Å²) >= 11 is 0. The molecule has 0 saturated heterocycles. The molecule has 0 unspecified atom stereocenters. The number of hydrogen-bond acceptors (Lipinski definition) is 3. The van der Waals surface area contributed by atoms with Crippen LogP contribution < -0.4 is 0 Å². The number of aromatic nitrogens is 2. The van der Waals surface area contributed by atoms with Gasteiger partial charge in [0.05, 0.1) is 18.0 Å². The van der Waals surface area contributed by atoms with Crippen LogP contribution in [0.1, 0.15) is 28.7 Å². The number of aromatic carboxylic acids is 1. The van der Waals surface area contributed by atoms with Gasteiger partial charge >= 0.3 is 5.97 Å². The second-order valence-electron chi connectivity index (χ2n) is 4.15. The highest BCUT2D eigenvalue weighted by atomic mass is 16.5. The zero-order valence-corrected chi connectivity index (χ0v) is 11.0. The zero-order chi connectivity index (χ0) is 13.8.